The van der Waals surface area contributed by atoms with Crippen LogP contribution in [0.4, 0.5) is 0 Å². The minimum atomic E-state index is 1.01. The number of hydrogen-bond donors (Lipinski definition) is 1. The van der Waals surface area contributed by atoms with Gasteiger partial charge in [-0.1, -0.05) is 18.2 Å². The van der Waals surface area contributed by atoms with Crippen molar-refractivity contribution in [1.29, 1.82) is 0 Å². The molecule has 0 aromatic heterocycles. The fourth-order valence-electron chi connectivity index (χ4n) is 2.11. The Morgan fingerprint density at radius 1 is 1.21 bits per heavy atom. The van der Waals surface area contributed by atoms with Gasteiger partial charge in [0.05, 0.1) is 0 Å². The van der Waals surface area contributed by atoms with E-state index in [2.05, 4.69) is 17.4 Å². The molecule has 1 aromatic carbocycles. The molecule has 0 fully saturated rings. The van der Waals surface area contributed by atoms with Crippen LogP contribution in [0.2, 0.25) is 0 Å². The van der Waals surface area contributed by atoms with E-state index in [1.54, 1.807) is 0 Å². The molecule has 0 saturated carbocycles. The van der Waals surface area contributed by atoms with Gasteiger partial charge in [0, 0.05) is 13.0 Å². The summed E-state index contributed by atoms with van der Waals surface area (Å²) in [7, 11) is 0. The van der Waals surface area contributed by atoms with Crippen LogP contribution in [-0.2, 0) is 6.42 Å². The van der Waals surface area contributed by atoms with Crippen molar-refractivity contribution in [2.45, 2.75) is 19.3 Å². The lowest BCUT2D eigenvalue weighted by Crippen LogP contribution is -2.28. The van der Waals surface area contributed by atoms with Gasteiger partial charge in [0.2, 0.25) is 0 Å². The Hall–Kier alpha value is -1.44. The number of rotatable bonds is 0. The van der Waals surface area contributed by atoms with Crippen LogP contribution < -0.4 is 10.1 Å². The Balaban J connectivity index is 1.99. The topological polar surface area (TPSA) is 21.3 Å². The summed E-state index contributed by atoms with van der Waals surface area (Å²) in [5.41, 5.74) is 2.74. The normalized spacial score (nSPS) is 19.1. The minimum Gasteiger partial charge on any atom is -0.441 e. The highest BCUT2D eigenvalue weighted by molar-refractivity contribution is 5.41. The molecule has 2 nitrogen and oxygen atoms in total. The minimum absolute atomic E-state index is 1.01. The quantitative estimate of drug-likeness (QED) is 0.672. The second-order valence-corrected chi connectivity index (χ2v) is 3.85. The summed E-state index contributed by atoms with van der Waals surface area (Å²) >= 11 is 0. The second kappa shape index (κ2) is 3.05. The SMILES string of the molecule is c1ccc2c(c1)CC1=C(NCCC1)O2. The lowest BCUT2D eigenvalue weighted by atomic mass is 9.97. The molecule has 0 spiro atoms. The molecule has 0 atom stereocenters. The number of fused-ring (bicyclic) bond motifs is 1. The standard InChI is InChI=1S/C12H13NO/c1-2-6-11-9(4-1)8-10-5-3-7-13-12(10)14-11/h1-2,4,6,13H,3,5,7-8H2. The molecule has 2 heterocycles. The zero-order valence-corrected chi connectivity index (χ0v) is 8.05. The van der Waals surface area contributed by atoms with Crippen molar-refractivity contribution in [3.8, 4) is 5.75 Å². The molecule has 0 aliphatic carbocycles. The van der Waals surface area contributed by atoms with Crippen LogP contribution in [0.15, 0.2) is 35.7 Å². The van der Waals surface area contributed by atoms with Gasteiger partial charge in [0.25, 0.3) is 0 Å². The highest BCUT2D eigenvalue weighted by atomic mass is 16.5. The number of allylic oxidation sites excluding steroid dienone is 1. The largest absolute Gasteiger partial charge is 0.441 e. The zero-order chi connectivity index (χ0) is 9.38. The van der Waals surface area contributed by atoms with Gasteiger partial charge in [0.15, 0.2) is 5.88 Å². The fraction of sp³-hybridized carbons (Fsp3) is 0.333. The van der Waals surface area contributed by atoms with E-state index in [0.717, 1.165) is 24.6 Å². The Labute approximate surface area is 83.6 Å². The third-order valence-electron chi connectivity index (χ3n) is 2.85. The highest BCUT2D eigenvalue weighted by Crippen LogP contribution is 2.31. The van der Waals surface area contributed by atoms with Crippen molar-refractivity contribution < 1.29 is 4.74 Å². The van der Waals surface area contributed by atoms with E-state index in [1.807, 2.05) is 12.1 Å². The van der Waals surface area contributed by atoms with Crippen LogP contribution in [0.1, 0.15) is 18.4 Å². The van der Waals surface area contributed by atoms with Crippen LogP contribution in [0.3, 0.4) is 0 Å². The van der Waals surface area contributed by atoms with Crippen LogP contribution >= 0.6 is 0 Å². The summed E-state index contributed by atoms with van der Waals surface area (Å²) in [6, 6.07) is 8.28. The number of nitrogens with one attached hydrogen (secondary N) is 1. The van der Waals surface area contributed by atoms with Gasteiger partial charge in [-0.2, -0.15) is 0 Å². The van der Waals surface area contributed by atoms with Crippen LogP contribution in [0.5, 0.6) is 5.75 Å². The van der Waals surface area contributed by atoms with Gasteiger partial charge in [-0.05, 0) is 30.0 Å². The van der Waals surface area contributed by atoms with Crippen molar-refractivity contribution in [3.05, 3.63) is 41.3 Å². The molecule has 0 amide bonds. The van der Waals surface area contributed by atoms with E-state index in [9.17, 15) is 0 Å². The Bertz CT molecular complexity index is 358. The Kier molecular flexibility index (Phi) is 1.72. The third kappa shape index (κ3) is 1.18. The summed E-state index contributed by atoms with van der Waals surface area (Å²) in [6.45, 7) is 1.04. The van der Waals surface area contributed by atoms with Gasteiger partial charge >= 0.3 is 0 Å². The van der Waals surface area contributed by atoms with Crippen molar-refractivity contribution in [3.63, 3.8) is 0 Å². The number of hydrogen-bond acceptors (Lipinski definition) is 2. The van der Waals surface area contributed by atoms with Crippen molar-refractivity contribution >= 4 is 0 Å². The monoisotopic (exact) mass is 187 g/mol. The highest BCUT2D eigenvalue weighted by Gasteiger charge is 2.21. The molecule has 0 radical (unpaired) electrons. The first-order chi connectivity index (χ1) is 6.93. The van der Waals surface area contributed by atoms with E-state index < -0.39 is 0 Å². The molecular formula is C12H13NO. The first kappa shape index (κ1) is 7.92. The van der Waals surface area contributed by atoms with E-state index >= 15 is 0 Å². The maximum atomic E-state index is 5.80. The number of para-hydroxylation sites is 1. The first-order valence-corrected chi connectivity index (χ1v) is 5.15. The Morgan fingerprint density at radius 3 is 3.14 bits per heavy atom. The van der Waals surface area contributed by atoms with Gasteiger partial charge in [-0.15, -0.1) is 0 Å². The molecular weight excluding hydrogens is 174 g/mol. The molecule has 2 heteroatoms. The van der Waals surface area contributed by atoms with Crippen molar-refractivity contribution in [1.82, 2.24) is 5.32 Å². The summed E-state index contributed by atoms with van der Waals surface area (Å²) in [6.07, 6.45) is 3.46. The van der Waals surface area contributed by atoms with E-state index in [1.165, 1.54) is 24.0 Å². The number of benzene rings is 1. The predicted octanol–water partition coefficient (Wildman–Crippen LogP) is 2.22. The zero-order valence-electron chi connectivity index (χ0n) is 8.05. The molecule has 0 unspecified atom stereocenters. The lowest BCUT2D eigenvalue weighted by molar-refractivity contribution is 0.340. The molecule has 72 valence electrons. The summed E-state index contributed by atoms with van der Waals surface area (Å²) in [5, 5.41) is 3.32. The lowest BCUT2D eigenvalue weighted by Gasteiger charge is -2.27. The second-order valence-electron chi connectivity index (χ2n) is 3.85. The Morgan fingerprint density at radius 2 is 2.14 bits per heavy atom. The van der Waals surface area contributed by atoms with Gasteiger partial charge in [-0.25, -0.2) is 0 Å². The van der Waals surface area contributed by atoms with Gasteiger partial charge in [0.1, 0.15) is 5.75 Å². The average Bonchev–Trinajstić information content (AvgIpc) is 2.26. The van der Waals surface area contributed by atoms with Gasteiger partial charge < -0.3 is 10.1 Å². The number of ether oxygens (including phenoxy) is 1. The predicted molar refractivity (Wildman–Crippen MR) is 55.0 cm³/mol. The van der Waals surface area contributed by atoms with E-state index in [0.29, 0.717) is 0 Å². The molecule has 2 aliphatic rings. The molecule has 14 heavy (non-hydrogen) atoms. The maximum Gasteiger partial charge on any atom is 0.192 e. The molecule has 1 aromatic rings. The van der Waals surface area contributed by atoms with Crippen LogP contribution in [-0.4, -0.2) is 6.54 Å². The van der Waals surface area contributed by atoms with E-state index in [-0.39, 0.29) is 0 Å². The fourth-order valence-corrected chi connectivity index (χ4v) is 2.11. The molecule has 0 saturated heterocycles. The van der Waals surface area contributed by atoms with Crippen molar-refractivity contribution in [2.24, 2.45) is 0 Å². The third-order valence-corrected chi connectivity index (χ3v) is 2.85. The average molecular weight is 187 g/mol. The maximum absolute atomic E-state index is 5.80. The molecule has 2 aliphatic heterocycles. The first-order valence-electron chi connectivity index (χ1n) is 5.15. The molecule has 1 N–H and O–H groups in total. The van der Waals surface area contributed by atoms with E-state index in [4.69, 9.17) is 4.74 Å². The van der Waals surface area contributed by atoms with Crippen LogP contribution in [0, 0.1) is 0 Å². The summed E-state index contributed by atoms with van der Waals surface area (Å²) in [4.78, 5) is 0. The molecule has 3 rings (SSSR count). The van der Waals surface area contributed by atoms with Gasteiger partial charge in [-0.3, -0.25) is 0 Å². The molecule has 0 bridgehead atoms. The van der Waals surface area contributed by atoms with Crippen molar-refractivity contribution in [2.75, 3.05) is 6.54 Å². The smallest absolute Gasteiger partial charge is 0.192 e. The summed E-state index contributed by atoms with van der Waals surface area (Å²) < 4.78 is 5.80. The van der Waals surface area contributed by atoms with Crippen LogP contribution in [0.25, 0.3) is 0 Å². The summed E-state index contributed by atoms with van der Waals surface area (Å²) in [5.74, 6) is 2.02.